The van der Waals surface area contributed by atoms with E-state index in [1.54, 1.807) is 6.08 Å². The Morgan fingerprint density at radius 3 is 2.55 bits per heavy atom. The molecule has 1 unspecified atom stereocenters. The summed E-state index contributed by atoms with van der Waals surface area (Å²) in [5.74, 6) is 0.757. The lowest BCUT2D eigenvalue weighted by Crippen LogP contribution is -2.44. The van der Waals surface area contributed by atoms with Gasteiger partial charge < -0.3 is 14.7 Å². The monoisotopic (exact) mass is 397 g/mol. The van der Waals surface area contributed by atoms with Crippen LogP contribution < -0.4 is 0 Å². The molecule has 29 heavy (non-hydrogen) atoms. The van der Waals surface area contributed by atoms with Crippen LogP contribution in [0.2, 0.25) is 0 Å². The molecule has 2 fully saturated rings. The van der Waals surface area contributed by atoms with E-state index in [1.165, 1.54) is 0 Å². The van der Waals surface area contributed by atoms with Crippen LogP contribution in [-0.4, -0.2) is 72.8 Å². The van der Waals surface area contributed by atoms with Crippen LogP contribution in [0.3, 0.4) is 0 Å². The summed E-state index contributed by atoms with van der Waals surface area (Å²) < 4.78 is 0. The second kappa shape index (κ2) is 10.6. The SMILES string of the molecule is CN1CCC(N(C)C(=O)CCC2CCCN(C(=O)/C=C/c3ccccc3)C2)CC1. The Balaban J connectivity index is 1.44. The van der Waals surface area contributed by atoms with Crippen molar-refractivity contribution in [3.05, 3.63) is 42.0 Å². The summed E-state index contributed by atoms with van der Waals surface area (Å²) in [4.78, 5) is 31.5. The third-order valence-corrected chi connectivity index (χ3v) is 6.44. The van der Waals surface area contributed by atoms with Crippen LogP contribution in [0.5, 0.6) is 0 Å². The number of carbonyl (C=O) groups is 2. The van der Waals surface area contributed by atoms with Crippen molar-refractivity contribution in [1.29, 1.82) is 0 Å². The van der Waals surface area contributed by atoms with Crippen LogP contribution in [0.15, 0.2) is 36.4 Å². The third kappa shape index (κ3) is 6.43. The fourth-order valence-corrected chi connectivity index (χ4v) is 4.43. The van der Waals surface area contributed by atoms with Gasteiger partial charge in [-0.15, -0.1) is 0 Å². The highest BCUT2D eigenvalue weighted by Crippen LogP contribution is 2.23. The maximum Gasteiger partial charge on any atom is 0.246 e. The van der Waals surface area contributed by atoms with Gasteiger partial charge in [-0.05, 0) is 69.8 Å². The number of rotatable bonds is 6. The molecule has 1 aromatic rings. The van der Waals surface area contributed by atoms with Crippen molar-refractivity contribution >= 4 is 17.9 Å². The molecule has 0 aliphatic carbocycles. The molecule has 0 saturated carbocycles. The lowest BCUT2D eigenvalue weighted by atomic mass is 9.92. The summed E-state index contributed by atoms with van der Waals surface area (Å²) in [5, 5.41) is 0. The highest BCUT2D eigenvalue weighted by Gasteiger charge is 2.26. The molecule has 2 aliphatic heterocycles. The summed E-state index contributed by atoms with van der Waals surface area (Å²) >= 11 is 0. The molecule has 2 heterocycles. The predicted octanol–water partition coefficient (Wildman–Crippen LogP) is 3.27. The minimum Gasteiger partial charge on any atom is -0.343 e. The molecule has 0 bridgehead atoms. The zero-order chi connectivity index (χ0) is 20.6. The van der Waals surface area contributed by atoms with E-state index in [1.807, 2.05) is 53.3 Å². The summed E-state index contributed by atoms with van der Waals surface area (Å²) in [5.41, 5.74) is 1.04. The van der Waals surface area contributed by atoms with Gasteiger partial charge >= 0.3 is 0 Å². The molecule has 0 aromatic heterocycles. The van der Waals surface area contributed by atoms with Crippen LogP contribution in [-0.2, 0) is 9.59 Å². The quantitative estimate of drug-likeness (QED) is 0.692. The van der Waals surface area contributed by atoms with Gasteiger partial charge in [0.25, 0.3) is 0 Å². The van der Waals surface area contributed by atoms with E-state index in [0.717, 1.165) is 63.8 Å². The summed E-state index contributed by atoms with van der Waals surface area (Å²) in [6.45, 7) is 3.72. The van der Waals surface area contributed by atoms with E-state index in [2.05, 4.69) is 11.9 Å². The Labute approximate surface area is 175 Å². The van der Waals surface area contributed by atoms with E-state index in [4.69, 9.17) is 0 Å². The highest BCUT2D eigenvalue weighted by molar-refractivity contribution is 5.91. The van der Waals surface area contributed by atoms with Gasteiger partial charge in [-0.3, -0.25) is 9.59 Å². The Hall–Kier alpha value is -2.14. The van der Waals surface area contributed by atoms with Crippen LogP contribution in [0, 0.1) is 5.92 Å². The molecule has 2 saturated heterocycles. The number of amides is 2. The number of hydrogen-bond acceptors (Lipinski definition) is 3. The number of hydrogen-bond donors (Lipinski definition) is 0. The van der Waals surface area contributed by atoms with Gasteiger partial charge in [-0.1, -0.05) is 30.3 Å². The fourth-order valence-electron chi connectivity index (χ4n) is 4.43. The maximum atomic E-state index is 12.7. The van der Waals surface area contributed by atoms with Crippen molar-refractivity contribution < 1.29 is 9.59 Å². The third-order valence-electron chi connectivity index (χ3n) is 6.44. The van der Waals surface area contributed by atoms with E-state index in [9.17, 15) is 9.59 Å². The molecule has 5 heteroatoms. The first-order chi connectivity index (χ1) is 14.0. The van der Waals surface area contributed by atoms with Crippen molar-refractivity contribution in [2.45, 2.75) is 44.6 Å². The Morgan fingerprint density at radius 2 is 1.83 bits per heavy atom. The Bertz CT molecular complexity index is 695. The largest absolute Gasteiger partial charge is 0.343 e. The molecule has 0 N–H and O–H groups in total. The zero-order valence-corrected chi connectivity index (χ0v) is 17.9. The maximum absolute atomic E-state index is 12.7. The fraction of sp³-hybridized carbons (Fsp3) is 0.583. The van der Waals surface area contributed by atoms with Crippen molar-refractivity contribution in [2.75, 3.05) is 40.3 Å². The average Bonchev–Trinajstić information content (AvgIpc) is 2.76. The molecule has 0 spiro atoms. The lowest BCUT2D eigenvalue weighted by Gasteiger charge is -2.36. The van der Waals surface area contributed by atoms with Gasteiger partial charge in [-0.2, -0.15) is 0 Å². The first-order valence-electron chi connectivity index (χ1n) is 11.0. The smallest absolute Gasteiger partial charge is 0.246 e. The Morgan fingerprint density at radius 1 is 1.10 bits per heavy atom. The molecule has 5 nitrogen and oxygen atoms in total. The number of nitrogens with zero attached hydrogens (tertiary/aromatic N) is 3. The van der Waals surface area contributed by atoms with Gasteiger partial charge in [0.15, 0.2) is 0 Å². The molecule has 3 rings (SSSR count). The van der Waals surface area contributed by atoms with Crippen LogP contribution in [0.4, 0.5) is 0 Å². The highest BCUT2D eigenvalue weighted by atomic mass is 16.2. The van der Waals surface area contributed by atoms with Crippen molar-refractivity contribution in [1.82, 2.24) is 14.7 Å². The van der Waals surface area contributed by atoms with E-state index >= 15 is 0 Å². The van der Waals surface area contributed by atoms with E-state index in [0.29, 0.717) is 18.4 Å². The number of benzene rings is 1. The van der Waals surface area contributed by atoms with E-state index < -0.39 is 0 Å². The topological polar surface area (TPSA) is 43.9 Å². The lowest BCUT2D eigenvalue weighted by molar-refractivity contribution is -0.133. The minimum atomic E-state index is 0.0772. The minimum absolute atomic E-state index is 0.0772. The van der Waals surface area contributed by atoms with Gasteiger partial charge in [0, 0.05) is 38.7 Å². The van der Waals surface area contributed by atoms with Crippen LogP contribution in [0.1, 0.15) is 44.1 Å². The summed E-state index contributed by atoms with van der Waals surface area (Å²) in [6, 6.07) is 10.3. The van der Waals surface area contributed by atoms with Gasteiger partial charge in [-0.25, -0.2) is 0 Å². The Kier molecular flexibility index (Phi) is 7.87. The van der Waals surface area contributed by atoms with E-state index in [-0.39, 0.29) is 11.8 Å². The van der Waals surface area contributed by atoms with Crippen LogP contribution in [0.25, 0.3) is 6.08 Å². The molecule has 1 aromatic carbocycles. The second-order valence-electron chi connectivity index (χ2n) is 8.61. The molecular formula is C24H35N3O2. The number of carbonyl (C=O) groups excluding carboxylic acids is 2. The van der Waals surface area contributed by atoms with Crippen molar-refractivity contribution in [3.8, 4) is 0 Å². The average molecular weight is 398 g/mol. The molecule has 158 valence electrons. The molecule has 2 aliphatic rings. The van der Waals surface area contributed by atoms with Crippen molar-refractivity contribution in [2.24, 2.45) is 5.92 Å². The normalized spacial score (nSPS) is 21.4. The molecule has 2 amide bonds. The molecule has 1 atom stereocenters. The van der Waals surface area contributed by atoms with Gasteiger partial charge in [0.1, 0.15) is 0 Å². The molecular weight excluding hydrogens is 362 g/mol. The summed E-state index contributed by atoms with van der Waals surface area (Å²) in [6.07, 6.45) is 9.29. The van der Waals surface area contributed by atoms with Gasteiger partial charge in [0.2, 0.25) is 11.8 Å². The van der Waals surface area contributed by atoms with Gasteiger partial charge in [0.05, 0.1) is 0 Å². The summed E-state index contributed by atoms with van der Waals surface area (Å²) in [7, 11) is 4.10. The predicted molar refractivity (Wildman–Crippen MR) is 117 cm³/mol. The number of likely N-dealkylation sites (tertiary alicyclic amines) is 2. The first kappa shape index (κ1) is 21.6. The van der Waals surface area contributed by atoms with Crippen molar-refractivity contribution in [3.63, 3.8) is 0 Å². The number of piperidine rings is 2. The zero-order valence-electron chi connectivity index (χ0n) is 17.9. The second-order valence-corrected chi connectivity index (χ2v) is 8.61. The molecule has 0 radical (unpaired) electrons. The van der Waals surface area contributed by atoms with Crippen LogP contribution >= 0.6 is 0 Å². The standard InChI is InChI=1S/C24H35N3O2/c1-25-17-14-22(15-18-25)26(2)23(28)12-11-21-9-6-16-27(19-21)24(29)13-10-20-7-4-3-5-8-20/h3-5,7-8,10,13,21-22H,6,9,11-12,14-19H2,1-2H3/b13-10+. The first-order valence-corrected chi connectivity index (χ1v) is 11.0.